The van der Waals surface area contributed by atoms with Crippen LogP contribution in [0.5, 0.6) is 0 Å². The Kier molecular flexibility index (Phi) is 4.68. The highest BCUT2D eigenvalue weighted by atomic mass is 16.5. The first-order valence-electron chi connectivity index (χ1n) is 7.59. The highest BCUT2D eigenvalue weighted by molar-refractivity contribution is 5.81. The van der Waals surface area contributed by atoms with Gasteiger partial charge < -0.3 is 14.7 Å². The van der Waals surface area contributed by atoms with Gasteiger partial charge in [-0.25, -0.2) is 0 Å². The smallest absolute Gasteiger partial charge is 0.308 e. The van der Waals surface area contributed by atoms with E-state index < -0.39 is 11.9 Å². The molecule has 5 unspecified atom stereocenters. The van der Waals surface area contributed by atoms with E-state index in [-0.39, 0.29) is 24.0 Å². The molecule has 0 radical (unpaired) electrons. The molecule has 1 N–H and O–H groups in total. The number of carbonyl (C=O) groups is 2. The highest BCUT2D eigenvalue weighted by Gasteiger charge is 2.43. The number of carboxylic acid groups (broad SMARTS) is 1. The number of hydrogen-bond acceptors (Lipinski definition) is 3. The van der Waals surface area contributed by atoms with Gasteiger partial charge >= 0.3 is 5.97 Å². The molecule has 0 aliphatic carbocycles. The van der Waals surface area contributed by atoms with Gasteiger partial charge in [-0.1, -0.05) is 13.8 Å². The largest absolute Gasteiger partial charge is 0.481 e. The molecule has 2 heterocycles. The summed E-state index contributed by atoms with van der Waals surface area (Å²) in [6.07, 6.45) is 2.45. The van der Waals surface area contributed by atoms with Crippen LogP contribution in [-0.4, -0.2) is 47.2 Å². The van der Waals surface area contributed by atoms with Gasteiger partial charge in [0, 0.05) is 31.5 Å². The fourth-order valence-electron chi connectivity index (χ4n) is 3.74. The van der Waals surface area contributed by atoms with Crippen LogP contribution in [-0.2, 0) is 14.3 Å². The van der Waals surface area contributed by atoms with Crippen LogP contribution in [0.15, 0.2) is 0 Å². The van der Waals surface area contributed by atoms with Crippen molar-refractivity contribution < 1.29 is 19.4 Å². The van der Waals surface area contributed by atoms with Crippen LogP contribution in [0.1, 0.15) is 40.0 Å². The minimum Gasteiger partial charge on any atom is -0.481 e. The molecule has 0 aromatic carbocycles. The molecule has 0 spiro atoms. The number of carbonyl (C=O) groups excluding carboxylic acids is 1. The number of ether oxygens (including phenoxy) is 1. The maximum Gasteiger partial charge on any atom is 0.308 e. The summed E-state index contributed by atoms with van der Waals surface area (Å²) in [6.45, 7) is 7.20. The summed E-state index contributed by atoms with van der Waals surface area (Å²) in [6, 6.07) is -0.234. The van der Waals surface area contributed by atoms with Crippen LogP contribution in [0.4, 0.5) is 0 Å². The van der Waals surface area contributed by atoms with Gasteiger partial charge in [-0.2, -0.15) is 0 Å². The maximum absolute atomic E-state index is 12.3. The van der Waals surface area contributed by atoms with Crippen LogP contribution >= 0.6 is 0 Å². The lowest BCUT2D eigenvalue weighted by Gasteiger charge is -2.42. The Morgan fingerprint density at radius 2 is 2.15 bits per heavy atom. The van der Waals surface area contributed by atoms with Crippen molar-refractivity contribution >= 4 is 11.9 Å². The van der Waals surface area contributed by atoms with E-state index in [2.05, 4.69) is 6.92 Å². The van der Waals surface area contributed by atoms with E-state index in [4.69, 9.17) is 4.74 Å². The minimum atomic E-state index is -0.794. The van der Waals surface area contributed by atoms with Gasteiger partial charge in [0.15, 0.2) is 0 Å². The lowest BCUT2D eigenvalue weighted by Crippen LogP contribution is -2.54. The van der Waals surface area contributed by atoms with Crippen molar-refractivity contribution in [2.45, 2.75) is 52.2 Å². The Bertz CT molecular complexity index is 384. The van der Waals surface area contributed by atoms with Gasteiger partial charge in [-0.05, 0) is 25.7 Å². The molecule has 2 fully saturated rings. The first-order chi connectivity index (χ1) is 9.45. The van der Waals surface area contributed by atoms with E-state index >= 15 is 0 Å². The monoisotopic (exact) mass is 283 g/mol. The zero-order valence-corrected chi connectivity index (χ0v) is 12.5. The van der Waals surface area contributed by atoms with E-state index in [9.17, 15) is 14.7 Å². The number of nitrogens with zero attached hydrogens (tertiary/aromatic N) is 1. The van der Waals surface area contributed by atoms with Gasteiger partial charge in [0.05, 0.1) is 12.0 Å². The lowest BCUT2D eigenvalue weighted by molar-refractivity contribution is -0.155. The summed E-state index contributed by atoms with van der Waals surface area (Å²) in [7, 11) is 0. The molecule has 0 bridgehead atoms. The average Bonchev–Trinajstić information content (AvgIpc) is 2.80. The number of aliphatic carboxylic acids is 1. The molecular formula is C15H25NO4. The number of carboxylic acids is 1. The van der Waals surface area contributed by atoms with Crippen molar-refractivity contribution in [2.75, 3.05) is 13.2 Å². The van der Waals surface area contributed by atoms with Gasteiger partial charge in [0.2, 0.25) is 5.91 Å². The number of likely N-dealkylation sites (tertiary alicyclic amines) is 1. The van der Waals surface area contributed by atoms with Gasteiger partial charge in [0.1, 0.15) is 0 Å². The Balaban J connectivity index is 2.09. The number of piperidine rings is 1. The standard InChI is InChI=1S/C15H25NO4/c1-4-12-11(5-6-20-12)8-16-10(3)14(15(18)19)9(2)7-13(16)17/h9-12,14H,4-8H2,1-3H3,(H,18,19). The van der Waals surface area contributed by atoms with Gasteiger partial charge in [0.25, 0.3) is 0 Å². The Morgan fingerprint density at radius 1 is 1.45 bits per heavy atom. The van der Waals surface area contributed by atoms with E-state index in [1.54, 1.807) is 4.90 Å². The van der Waals surface area contributed by atoms with Crippen LogP contribution in [0.3, 0.4) is 0 Å². The predicted octanol–water partition coefficient (Wildman–Crippen LogP) is 1.76. The highest BCUT2D eigenvalue weighted by Crippen LogP contribution is 2.33. The molecule has 2 saturated heterocycles. The Hall–Kier alpha value is -1.10. The quantitative estimate of drug-likeness (QED) is 0.853. The molecule has 2 aliphatic heterocycles. The fourth-order valence-corrected chi connectivity index (χ4v) is 3.74. The SMILES string of the molecule is CCC1OCCC1CN1C(=O)CC(C)C(C(=O)O)C1C. The first-order valence-corrected chi connectivity index (χ1v) is 7.59. The molecule has 2 aliphatic rings. The van der Waals surface area contributed by atoms with Crippen molar-refractivity contribution in [3.05, 3.63) is 0 Å². The second-order valence-electron chi connectivity index (χ2n) is 6.20. The summed E-state index contributed by atoms with van der Waals surface area (Å²) in [5.74, 6) is -0.918. The van der Waals surface area contributed by atoms with Crippen molar-refractivity contribution in [2.24, 2.45) is 17.8 Å². The van der Waals surface area contributed by atoms with E-state index in [0.717, 1.165) is 19.4 Å². The van der Waals surface area contributed by atoms with E-state index in [0.29, 0.717) is 18.9 Å². The first kappa shape index (κ1) is 15.3. The molecular weight excluding hydrogens is 258 g/mol. The molecule has 20 heavy (non-hydrogen) atoms. The molecule has 0 saturated carbocycles. The van der Waals surface area contributed by atoms with Crippen molar-refractivity contribution in [1.82, 2.24) is 4.90 Å². The predicted molar refractivity (Wildman–Crippen MR) is 74.2 cm³/mol. The second kappa shape index (κ2) is 6.12. The van der Waals surface area contributed by atoms with E-state index in [1.807, 2.05) is 13.8 Å². The average molecular weight is 283 g/mol. The van der Waals surface area contributed by atoms with Gasteiger partial charge in [-0.3, -0.25) is 9.59 Å². The number of rotatable bonds is 4. The van der Waals surface area contributed by atoms with Crippen LogP contribution in [0.25, 0.3) is 0 Å². The third-order valence-corrected chi connectivity index (χ3v) is 4.91. The summed E-state index contributed by atoms with van der Waals surface area (Å²) in [4.78, 5) is 25.5. The lowest BCUT2D eigenvalue weighted by atomic mass is 9.80. The molecule has 0 aromatic heterocycles. The molecule has 114 valence electrons. The van der Waals surface area contributed by atoms with Crippen molar-refractivity contribution in [1.29, 1.82) is 0 Å². The Labute approximate surface area is 120 Å². The minimum absolute atomic E-state index is 0.0873. The summed E-state index contributed by atoms with van der Waals surface area (Å²) >= 11 is 0. The second-order valence-corrected chi connectivity index (χ2v) is 6.20. The number of amides is 1. The zero-order chi connectivity index (χ0) is 14.9. The molecule has 1 amide bonds. The topological polar surface area (TPSA) is 66.8 Å². The van der Waals surface area contributed by atoms with Crippen LogP contribution < -0.4 is 0 Å². The third kappa shape index (κ3) is 2.82. The zero-order valence-electron chi connectivity index (χ0n) is 12.5. The molecule has 5 atom stereocenters. The third-order valence-electron chi connectivity index (χ3n) is 4.91. The molecule has 5 nitrogen and oxygen atoms in total. The van der Waals surface area contributed by atoms with Crippen molar-refractivity contribution in [3.63, 3.8) is 0 Å². The van der Waals surface area contributed by atoms with E-state index in [1.165, 1.54) is 0 Å². The Morgan fingerprint density at radius 3 is 2.75 bits per heavy atom. The van der Waals surface area contributed by atoms with Crippen LogP contribution in [0, 0.1) is 17.8 Å². The summed E-state index contributed by atoms with van der Waals surface area (Å²) in [5, 5.41) is 9.38. The summed E-state index contributed by atoms with van der Waals surface area (Å²) < 4.78 is 5.67. The summed E-state index contributed by atoms with van der Waals surface area (Å²) in [5.41, 5.74) is 0. The van der Waals surface area contributed by atoms with Crippen molar-refractivity contribution in [3.8, 4) is 0 Å². The van der Waals surface area contributed by atoms with Crippen LogP contribution in [0.2, 0.25) is 0 Å². The molecule has 0 aromatic rings. The molecule has 5 heteroatoms. The van der Waals surface area contributed by atoms with Gasteiger partial charge in [-0.15, -0.1) is 0 Å². The molecule has 2 rings (SSSR count). The normalized spacial score (nSPS) is 38.2. The maximum atomic E-state index is 12.3. The fraction of sp³-hybridized carbons (Fsp3) is 0.867. The number of hydrogen-bond donors (Lipinski definition) is 1.